The summed E-state index contributed by atoms with van der Waals surface area (Å²) in [6.07, 6.45) is 0. The van der Waals surface area contributed by atoms with Crippen molar-refractivity contribution < 1.29 is 9.47 Å². The first-order valence-corrected chi connectivity index (χ1v) is 8.05. The predicted octanol–water partition coefficient (Wildman–Crippen LogP) is 3.46. The van der Waals surface area contributed by atoms with Gasteiger partial charge in [0, 0.05) is 27.7 Å². The van der Waals surface area contributed by atoms with Gasteiger partial charge in [0.25, 0.3) is 0 Å². The van der Waals surface area contributed by atoms with Gasteiger partial charge >= 0.3 is 0 Å². The van der Waals surface area contributed by atoms with Crippen molar-refractivity contribution in [3.05, 3.63) is 23.3 Å². The molecule has 1 aromatic rings. The van der Waals surface area contributed by atoms with Crippen LogP contribution >= 0.6 is 31.9 Å². The van der Waals surface area contributed by atoms with Crippen LogP contribution in [0.25, 0.3) is 0 Å². The molecule has 0 spiro atoms. The lowest BCUT2D eigenvalue weighted by atomic mass is 10.1. The van der Waals surface area contributed by atoms with Crippen molar-refractivity contribution >= 4 is 31.9 Å². The molecule has 5 heteroatoms. The molecule has 0 amide bonds. The Kier molecular flexibility index (Phi) is 7.04. The molecule has 0 bridgehead atoms. The average molecular weight is 381 g/mol. The molecule has 0 saturated heterocycles. The largest absolute Gasteiger partial charge is 0.496 e. The van der Waals surface area contributed by atoms with Gasteiger partial charge in [-0.1, -0.05) is 38.8 Å². The molecule has 3 nitrogen and oxygen atoms in total. The fourth-order valence-electron chi connectivity index (χ4n) is 1.48. The minimum atomic E-state index is 0.350. The third kappa shape index (κ3) is 4.14. The Morgan fingerprint density at radius 1 is 1.17 bits per heavy atom. The number of alkyl halides is 2. The topological polar surface area (TPSA) is 44.5 Å². The summed E-state index contributed by atoms with van der Waals surface area (Å²) < 4.78 is 11.2. The van der Waals surface area contributed by atoms with Crippen molar-refractivity contribution in [2.45, 2.75) is 17.6 Å². The van der Waals surface area contributed by atoms with Crippen molar-refractivity contribution in [1.29, 1.82) is 0 Å². The molecule has 0 fully saturated rings. The molecule has 1 aromatic carbocycles. The summed E-state index contributed by atoms with van der Waals surface area (Å²) in [4.78, 5) is 0. The standard InChI is InChI=1S/C13H19Br2NO2/c1-9(7-16)8-18-13-4-10(5-14)12(17-2)3-11(13)6-15/h3-4,9H,5-8,16H2,1-2H3. The number of methoxy groups -OCH3 is 1. The highest BCUT2D eigenvalue weighted by molar-refractivity contribution is 9.08. The molecule has 0 saturated carbocycles. The number of nitrogens with two attached hydrogens (primary N) is 1. The molecule has 2 N–H and O–H groups in total. The third-order valence-electron chi connectivity index (χ3n) is 2.68. The Morgan fingerprint density at radius 3 is 2.22 bits per heavy atom. The van der Waals surface area contributed by atoms with E-state index in [1.54, 1.807) is 7.11 Å². The number of hydrogen-bond acceptors (Lipinski definition) is 3. The van der Waals surface area contributed by atoms with Gasteiger partial charge in [0.1, 0.15) is 11.5 Å². The summed E-state index contributed by atoms with van der Waals surface area (Å²) >= 11 is 6.93. The van der Waals surface area contributed by atoms with Crippen LogP contribution in [-0.2, 0) is 10.7 Å². The molecule has 0 heterocycles. The van der Waals surface area contributed by atoms with Crippen LogP contribution in [-0.4, -0.2) is 20.3 Å². The maximum absolute atomic E-state index is 5.84. The zero-order chi connectivity index (χ0) is 13.5. The van der Waals surface area contributed by atoms with Gasteiger partial charge in [0.05, 0.1) is 13.7 Å². The van der Waals surface area contributed by atoms with E-state index in [1.165, 1.54) is 0 Å². The Bertz CT molecular complexity index is 385. The van der Waals surface area contributed by atoms with Gasteiger partial charge < -0.3 is 15.2 Å². The minimum Gasteiger partial charge on any atom is -0.496 e. The summed E-state index contributed by atoms with van der Waals surface area (Å²) in [5.74, 6) is 2.12. The van der Waals surface area contributed by atoms with Gasteiger partial charge in [-0.05, 0) is 18.7 Å². The first-order valence-electron chi connectivity index (χ1n) is 5.80. The van der Waals surface area contributed by atoms with Crippen LogP contribution in [0.3, 0.4) is 0 Å². The zero-order valence-corrected chi connectivity index (χ0v) is 13.9. The molecular weight excluding hydrogens is 362 g/mol. The highest BCUT2D eigenvalue weighted by Gasteiger charge is 2.11. The highest BCUT2D eigenvalue weighted by Crippen LogP contribution is 2.32. The first-order chi connectivity index (χ1) is 8.65. The van der Waals surface area contributed by atoms with Gasteiger partial charge in [-0.15, -0.1) is 0 Å². The molecule has 18 heavy (non-hydrogen) atoms. The van der Waals surface area contributed by atoms with Crippen LogP contribution in [0.1, 0.15) is 18.1 Å². The minimum absolute atomic E-state index is 0.350. The summed E-state index contributed by atoms with van der Waals surface area (Å²) in [7, 11) is 1.68. The lowest BCUT2D eigenvalue weighted by molar-refractivity contribution is 0.261. The van der Waals surface area contributed by atoms with E-state index in [9.17, 15) is 0 Å². The fourth-order valence-corrected chi connectivity index (χ4v) is 2.35. The average Bonchev–Trinajstić information content (AvgIpc) is 2.43. The van der Waals surface area contributed by atoms with Crippen molar-refractivity contribution in [2.75, 3.05) is 20.3 Å². The van der Waals surface area contributed by atoms with Gasteiger partial charge in [0.2, 0.25) is 0 Å². The molecular formula is C13H19Br2NO2. The number of rotatable bonds is 7. The first kappa shape index (κ1) is 15.8. The lowest BCUT2D eigenvalue weighted by Gasteiger charge is -2.16. The highest BCUT2D eigenvalue weighted by atomic mass is 79.9. The zero-order valence-electron chi connectivity index (χ0n) is 10.7. The fraction of sp³-hybridized carbons (Fsp3) is 0.538. The normalized spacial score (nSPS) is 12.3. The molecule has 0 aromatic heterocycles. The monoisotopic (exact) mass is 379 g/mol. The second-order valence-corrected chi connectivity index (χ2v) is 5.31. The van der Waals surface area contributed by atoms with Crippen molar-refractivity contribution in [3.63, 3.8) is 0 Å². The van der Waals surface area contributed by atoms with Crippen LogP contribution in [0, 0.1) is 5.92 Å². The smallest absolute Gasteiger partial charge is 0.123 e. The van der Waals surface area contributed by atoms with Crippen LogP contribution in [0.4, 0.5) is 0 Å². The van der Waals surface area contributed by atoms with E-state index >= 15 is 0 Å². The van der Waals surface area contributed by atoms with Gasteiger partial charge in [-0.3, -0.25) is 0 Å². The molecule has 1 rings (SSSR count). The number of benzene rings is 1. The van der Waals surface area contributed by atoms with Crippen molar-refractivity contribution in [3.8, 4) is 11.5 Å². The quantitative estimate of drug-likeness (QED) is 0.736. The molecule has 1 atom stereocenters. The number of halogens is 2. The van der Waals surface area contributed by atoms with Gasteiger partial charge in [-0.2, -0.15) is 0 Å². The maximum Gasteiger partial charge on any atom is 0.123 e. The van der Waals surface area contributed by atoms with E-state index in [4.69, 9.17) is 15.2 Å². The van der Waals surface area contributed by atoms with Crippen LogP contribution in [0.2, 0.25) is 0 Å². The number of hydrogen-bond donors (Lipinski definition) is 1. The molecule has 102 valence electrons. The molecule has 0 aliphatic heterocycles. The molecule has 1 unspecified atom stereocenters. The third-order valence-corrected chi connectivity index (χ3v) is 3.89. The molecule has 0 aliphatic carbocycles. The van der Waals surface area contributed by atoms with Crippen molar-refractivity contribution in [2.24, 2.45) is 11.7 Å². The van der Waals surface area contributed by atoms with Crippen LogP contribution < -0.4 is 15.2 Å². The van der Waals surface area contributed by atoms with E-state index < -0.39 is 0 Å². The Hall–Kier alpha value is -0.260. The number of ether oxygens (including phenoxy) is 2. The predicted molar refractivity (Wildman–Crippen MR) is 82.0 cm³/mol. The van der Waals surface area contributed by atoms with E-state index in [2.05, 4.69) is 38.8 Å². The summed E-state index contributed by atoms with van der Waals surface area (Å²) in [5.41, 5.74) is 7.76. The van der Waals surface area contributed by atoms with Gasteiger partial charge in [-0.25, -0.2) is 0 Å². The van der Waals surface area contributed by atoms with E-state index in [0.29, 0.717) is 19.1 Å². The molecule has 0 aliphatic rings. The lowest BCUT2D eigenvalue weighted by Crippen LogP contribution is -2.18. The molecule has 0 radical (unpaired) electrons. The SMILES string of the molecule is COc1cc(CBr)c(OCC(C)CN)cc1CBr. The van der Waals surface area contributed by atoms with Gasteiger partial charge in [0.15, 0.2) is 0 Å². The Morgan fingerprint density at radius 2 is 1.72 bits per heavy atom. The maximum atomic E-state index is 5.84. The van der Waals surface area contributed by atoms with Crippen LogP contribution in [0.15, 0.2) is 12.1 Å². The van der Waals surface area contributed by atoms with E-state index in [-0.39, 0.29) is 0 Å². The summed E-state index contributed by atoms with van der Waals surface area (Å²) in [6, 6.07) is 4.03. The van der Waals surface area contributed by atoms with E-state index in [1.807, 2.05) is 12.1 Å². The Balaban J connectivity index is 2.94. The Labute approximate surface area is 125 Å². The van der Waals surface area contributed by atoms with E-state index in [0.717, 1.165) is 33.3 Å². The summed E-state index contributed by atoms with van der Waals surface area (Å²) in [6.45, 7) is 3.33. The summed E-state index contributed by atoms with van der Waals surface area (Å²) in [5, 5.41) is 1.47. The van der Waals surface area contributed by atoms with Crippen LogP contribution in [0.5, 0.6) is 11.5 Å². The second kappa shape index (κ2) is 8.02. The second-order valence-electron chi connectivity index (χ2n) is 4.19. The van der Waals surface area contributed by atoms with Crippen molar-refractivity contribution in [1.82, 2.24) is 0 Å².